The van der Waals surface area contributed by atoms with Crippen molar-refractivity contribution in [2.45, 2.75) is 26.7 Å². The van der Waals surface area contributed by atoms with Gasteiger partial charge in [-0.15, -0.1) is 0 Å². The molecule has 0 aliphatic carbocycles. The highest BCUT2D eigenvalue weighted by Gasteiger charge is 2.27. The van der Waals surface area contributed by atoms with Crippen LogP contribution in [0.3, 0.4) is 0 Å². The van der Waals surface area contributed by atoms with Gasteiger partial charge in [0.2, 0.25) is 0 Å². The van der Waals surface area contributed by atoms with Crippen LogP contribution in [0.25, 0.3) is 0 Å². The Labute approximate surface area is 98.6 Å². The van der Waals surface area contributed by atoms with Crippen molar-refractivity contribution in [3.63, 3.8) is 0 Å². The number of nitrogens with zero attached hydrogens (tertiary/aromatic N) is 1. The summed E-state index contributed by atoms with van der Waals surface area (Å²) in [5, 5.41) is 9.34. The molecule has 96 valence electrons. The number of rotatable bonds is 4. The van der Waals surface area contributed by atoms with Crippen LogP contribution < -0.4 is 0 Å². The lowest BCUT2D eigenvalue weighted by molar-refractivity contribution is 0.0880. The van der Waals surface area contributed by atoms with Gasteiger partial charge in [-0.2, -0.15) is 0 Å². The number of aliphatic hydroxyl groups is 1. The predicted molar refractivity (Wildman–Crippen MR) is 65.2 cm³/mol. The summed E-state index contributed by atoms with van der Waals surface area (Å²) in [5.41, 5.74) is -0.103. The SMILES string of the molecule is CCC(C)(CO)CN1CCCS(=O)(=O)CC1. The molecule has 0 bridgehead atoms. The fourth-order valence-corrected chi connectivity index (χ4v) is 3.27. The van der Waals surface area contributed by atoms with Crippen molar-refractivity contribution < 1.29 is 13.5 Å². The highest BCUT2D eigenvalue weighted by atomic mass is 32.2. The molecule has 1 aliphatic heterocycles. The first-order valence-corrected chi connectivity index (χ1v) is 7.76. The highest BCUT2D eigenvalue weighted by Crippen LogP contribution is 2.22. The summed E-state index contributed by atoms with van der Waals surface area (Å²) in [6.45, 7) is 6.49. The molecule has 1 unspecified atom stereocenters. The van der Waals surface area contributed by atoms with Crippen molar-refractivity contribution in [1.82, 2.24) is 4.90 Å². The normalized spacial score (nSPS) is 25.9. The average Bonchev–Trinajstić information content (AvgIpc) is 2.40. The molecule has 1 heterocycles. The van der Waals surface area contributed by atoms with Crippen LogP contribution in [0.4, 0.5) is 0 Å². The van der Waals surface area contributed by atoms with Crippen molar-refractivity contribution in [3.05, 3.63) is 0 Å². The van der Waals surface area contributed by atoms with Gasteiger partial charge in [-0.3, -0.25) is 0 Å². The van der Waals surface area contributed by atoms with Gasteiger partial charge in [0.05, 0.1) is 11.5 Å². The van der Waals surface area contributed by atoms with Crippen molar-refractivity contribution in [3.8, 4) is 0 Å². The summed E-state index contributed by atoms with van der Waals surface area (Å²) in [6, 6.07) is 0. The highest BCUT2D eigenvalue weighted by molar-refractivity contribution is 7.91. The molecule has 1 atom stereocenters. The lowest BCUT2D eigenvalue weighted by Crippen LogP contribution is -2.39. The first-order chi connectivity index (χ1) is 7.41. The standard InChI is InChI=1S/C11H23NO3S/c1-3-11(2,10-13)9-12-5-4-7-16(14,15)8-6-12/h13H,3-10H2,1-2H3. The summed E-state index contributed by atoms with van der Waals surface area (Å²) >= 11 is 0. The van der Waals surface area contributed by atoms with Gasteiger partial charge < -0.3 is 10.0 Å². The fourth-order valence-electron chi connectivity index (χ4n) is 1.96. The third-order valence-electron chi connectivity index (χ3n) is 3.49. The molecule has 5 heteroatoms. The molecule has 0 amide bonds. The third kappa shape index (κ3) is 4.03. The second-order valence-electron chi connectivity index (χ2n) is 5.10. The first-order valence-electron chi connectivity index (χ1n) is 5.94. The van der Waals surface area contributed by atoms with Crippen molar-refractivity contribution in [1.29, 1.82) is 0 Å². The number of hydrogen-bond acceptors (Lipinski definition) is 4. The second kappa shape index (κ2) is 5.47. The van der Waals surface area contributed by atoms with E-state index in [0.717, 1.165) is 19.5 Å². The van der Waals surface area contributed by atoms with Crippen molar-refractivity contribution in [2.24, 2.45) is 5.41 Å². The van der Waals surface area contributed by atoms with E-state index in [1.807, 2.05) is 6.92 Å². The van der Waals surface area contributed by atoms with E-state index in [0.29, 0.717) is 18.7 Å². The maximum absolute atomic E-state index is 11.4. The lowest BCUT2D eigenvalue weighted by atomic mass is 9.88. The van der Waals surface area contributed by atoms with Crippen LogP contribution in [-0.4, -0.2) is 56.2 Å². The Balaban J connectivity index is 2.56. The predicted octanol–water partition coefficient (Wildman–Crippen LogP) is 0.515. The molecular weight excluding hydrogens is 226 g/mol. The Morgan fingerprint density at radius 2 is 2.00 bits per heavy atom. The topological polar surface area (TPSA) is 57.6 Å². The van der Waals surface area contributed by atoms with E-state index in [9.17, 15) is 13.5 Å². The van der Waals surface area contributed by atoms with E-state index in [-0.39, 0.29) is 17.8 Å². The maximum atomic E-state index is 11.4. The molecule has 1 saturated heterocycles. The number of sulfone groups is 1. The van der Waals surface area contributed by atoms with Gasteiger partial charge in [0, 0.05) is 25.1 Å². The Kier molecular flexibility index (Phi) is 4.76. The third-order valence-corrected chi connectivity index (χ3v) is 5.20. The van der Waals surface area contributed by atoms with Crippen LogP contribution in [0.2, 0.25) is 0 Å². The van der Waals surface area contributed by atoms with Gasteiger partial charge in [-0.25, -0.2) is 8.42 Å². The minimum absolute atomic E-state index is 0.103. The summed E-state index contributed by atoms with van der Waals surface area (Å²) in [4.78, 5) is 2.17. The molecule has 1 N–H and O–H groups in total. The van der Waals surface area contributed by atoms with E-state index in [2.05, 4.69) is 11.8 Å². The summed E-state index contributed by atoms with van der Waals surface area (Å²) < 4.78 is 22.9. The van der Waals surface area contributed by atoms with Crippen LogP contribution in [0.15, 0.2) is 0 Å². The fraction of sp³-hybridized carbons (Fsp3) is 1.00. The van der Waals surface area contributed by atoms with E-state index in [4.69, 9.17) is 0 Å². The minimum atomic E-state index is -2.83. The van der Waals surface area contributed by atoms with Crippen molar-refractivity contribution in [2.75, 3.05) is 37.7 Å². The van der Waals surface area contributed by atoms with Gasteiger partial charge >= 0.3 is 0 Å². The summed E-state index contributed by atoms with van der Waals surface area (Å²) in [7, 11) is -2.83. The lowest BCUT2D eigenvalue weighted by Gasteiger charge is -2.32. The van der Waals surface area contributed by atoms with Gasteiger partial charge in [-0.1, -0.05) is 13.8 Å². The minimum Gasteiger partial charge on any atom is -0.396 e. The quantitative estimate of drug-likeness (QED) is 0.789. The second-order valence-corrected chi connectivity index (χ2v) is 7.41. The largest absolute Gasteiger partial charge is 0.396 e. The van der Waals surface area contributed by atoms with Crippen LogP contribution >= 0.6 is 0 Å². The van der Waals surface area contributed by atoms with E-state index in [1.165, 1.54) is 0 Å². The van der Waals surface area contributed by atoms with Crippen LogP contribution in [0.1, 0.15) is 26.7 Å². The monoisotopic (exact) mass is 249 g/mol. The molecule has 1 fully saturated rings. The van der Waals surface area contributed by atoms with E-state index in [1.54, 1.807) is 0 Å². The van der Waals surface area contributed by atoms with Gasteiger partial charge in [0.25, 0.3) is 0 Å². The molecule has 1 rings (SSSR count). The van der Waals surface area contributed by atoms with Gasteiger partial charge in [-0.05, 0) is 19.4 Å². The number of aliphatic hydroxyl groups excluding tert-OH is 1. The van der Waals surface area contributed by atoms with Crippen LogP contribution in [-0.2, 0) is 9.84 Å². The Morgan fingerprint density at radius 1 is 1.31 bits per heavy atom. The van der Waals surface area contributed by atoms with E-state index < -0.39 is 9.84 Å². The first kappa shape index (κ1) is 13.9. The molecule has 0 spiro atoms. The van der Waals surface area contributed by atoms with Gasteiger partial charge in [0.15, 0.2) is 9.84 Å². The average molecular weight is 249 g/mol. The zero-order chi connectivity index (χ0) is 12.2. The molecule has 4 nitrogen and oxygen atoms in total. The Hall–Kier alpha value is -0.130. The Morgan fingerprint density at radius 3 is 2.56 bits per heavy atom. The van der Waals surface area contributed by atoms with Crippen LogP contribution in [0, 0.1) is 5.41 Å². The molecule has 0 radical (unpaired) electrons. The van der Waals surface area contributed by atoms with E-state index >= 15 is 0 Å². The molecule has 0 saturated carbocycles. The van der Waals surface area contributed by atoms with Crippen molar-refractivity contribution >= 4 is 9.84 Å². The smallest absolute Gasteiger partial charge is 0.151 e. The summed E-state index contributed by atoms with van der Waals surface area (Å²) in [5.74, 6) is 0.573. The molecule has 1 aliphatic rings. The molecule has 16 heavy (non-hydrogen) atoms. The zero-order valence-electron chi connectivity index (χ0n) is 10.3. The number of hydrogen-bond donors (Lipinski definition) is 1. The molecular formula is C11H23NO3S. The maximum Gasteiger partial charge on any atom is 0.151 e. The molecule has 0 aromatic carbocycles. The van der Waals surface area contributed by atoms with Crippen LogP contribution in [0.5, 0.6) is 0 Å². The molecule has 0 aromatic heterocycles. The zero-order valence-corrected chi connectivity index (χ0v) is 11.1. The Bertz CT molecular complexity index is 309. The summed E-state index contributed by atoms with van der Waals surface area (Å²) in [6.07, 6.45) is 1.63. The van der Waals surface area contributed by atoms with Gasteiger partial charge in [0.1, 0.15) is 0 Å². The molecule has 0 aromatic rings.